The van der Waals surface area contributed by atoms with Crippen LogP contribution in [0.2, 0.25) is 5.02 Å². The van der Waals surface area contributed by atoms with Gasteiger partial charge in [-0.2, -0.15) is 5.10 Å². The second-order valence-electron chi connectivity index (χ2n) is 10.0. The lowest BCUT2D eigenvalue weighted by molar-refractivity contribution is 0.0746. The zero-order valence-electron chi connectivity index (χ0n) is 23.3. The molecular weight excluding hydrogens is 550 g/mol. The Morgan fingerprint density at radius 2 is 1.62 bits per heavy atom. The number of hydrogen-bond donors (Lipinski definition) is 1. The Kier molecular flexibility index (Phi) is 7.84. The predicted molar refractivity (Wildman–Crippen MR) is 162 cm³/mol. The van der Waals surface area contributed by atoms with E-state index in [1.807, 2.05) is 102 Å². The Labute approximate surface area is 249 Å². The van der Waals surface area contributed by atoms with Crippen molar-refractivity contribution in [1.29, 1.82) is 0 Å². The molecule has 1 aromatic heterocycles. The van der Waals surface area contributed by atoms with Gasteiger partial charge >= 0.3 is 0 Å². The van der Waals surface area contributed by atoms with Crippen molar-refractivity contribution in [2.45, 2.75) is 19.1 Å². The Morgan fingerprint density at radius 1 is 0.881 bits per heavy atom. The van der Waals surface area contributed by atoms with Crippen LogP contribution in [-0.2, 0) is 13.0 Å². The van der Waals surface area contributed by atoms with E-state index in [-0.39, 0.29) is 11.9 Å². The Bertz CT molecular complexity index is 1700. The number of aromatic amines is 1. The fourth-order valence-corrected chi connectivity index (χ4v) is 5.59. The van der Waals surface area contributed by atoms with Crippen molar-refractivity contribution in [3.8, 4) is 28.5 Å². The average molecular weight is 580 g/mol. The van der Waals surface area contributed by atoms with Crippen LogP contribution in [0, 0.1) is 0 Å². The minimum atomic E-state index is -0.320. The van der Waals surface area contributed by atoms with Crippen LogP contribution in [0.3, 0.4) is 0 Å². The normalized spacial score (nSPS) is 14.1. The number of fused-ring (bicyclic) bond motifs is 1. The quantitative estimate of drug-likeness (QED) is 0.191. The number of halogens is 1. The number of ether oxygens (including phenoxy) is 3. The zero-order chi connectivity index (χ0) is 29.1. The molecule has 1 N–H and O–H groups in total. The fraction of sp³-hybridized carbons (Fsp3) is 0.176. The number of aromatic nitrogens is 2. The molecule has 7 nitrogen and oxygen atoms in total. The molecule has 212 valence electrons. The maximum absolute atomic E-state index is 13.8. The first-order chi connectivity index (χ1) is 20.6. The highest BCUT2D eigenvalue weighted by atomic mass is 35.5. The Morgan fingerprint density at radius 3 is 2.36 bits per heavy atom. The van der Waals surface area contributed by atoms with E-state index in [0.717, 1.165) is 39.3 Å². The lowest BCUT2D eigenvalue weighted by Gasteiger charge is -2.27. The van der Waals surface area contributed by atoms with Crippen molar-refractivity contribution in [3.05, 3.63) is 130 Å². The molecule has 2 heterocycles. The van der Waals surface area contributed by atoms with Crippen LogP contribution in [-0.4, -0.2) is 41.8 Å². The number of H-pyrrole nitrogens is 1. The monoisotopic (exact) mass is 579 g/mol. The summed E-state index contributed by atoms with van der Waals surface area (Å²) < 4.78 is 16.9. The molecule has 0 aliphatic carbocycles. The summed E-state index contributed by atoms with van der Waals surface area (Å²) in [5.41, 5.74) is 6.05. The largest absolute Gasteiger partial charge is 0.493 e. The first-order valence-corrected chi connectivity index (χ1v) is 14.1. The number of rotatable bonds is 10. The van der Waals surface area contributed by atoms with Crippen LogP contribution in [0.4, 0.5) is 0 Å². The van der Waals surface area contributed by atoms with Gasteiger partial charge in [0.05, 0.1) is 26.0 Å². The molecule has 6 rings (SSSR count). The lowest BCUT2D eigenvalue weighted by Crippen LogP contribution is -2.31. The Hall–Kier alpha value is -4.75. The number of carbonyl (C=O) groups excluding carboxylic acids is 1. The molecule has 1 unspecified atom stereocenters. The molecule has 4 aromatic carbocycles. The molecule has 1 aliphatic rings. The van der Waals surface area contributed by atoms with E-state index in [0.29, 0.717) is 41.8 Å². The molecule has 0 spiro atoms. The van der Waals surface area contributed by atoms with Crippen molar-refractivity contribution in [3.63, 3.8) is 0 Å². The summed E-state index contributed by atoms with van der Waals surface area (Å²) >= 11 is 6.30. The summed E-state index contributed by atoms with van der Waals surface area (Å²) in [5, 5.41) is 8.28. The summed E-state index contributed by atoms with van der Waals surface area (Å²) in [6, 6.07) is 31.0. The van der Waals surface area contributed by atoms with Crippen LogP contribution < -0.4 is 14.2 Å². The molecule has 0 bridgehead atoms. The SMILES string of the molecule is COc1ccc(CCN2C(=O)c3[nH]nc(-c4ccccc4)c3C2c2ccc(OCc3ccccc3Cl)cc2)cc1OC. The molecule has 5 aromatic rings. The summed E-state index contributed by atoms with van der Waals surface area (Å²) in [6.07, 6.45) is 0.639. The second kappa shape index (κ2) is 12.0. The van der Waals surface area contributed by atoms with E-state index >= 15 is 0 Å². The highest BCUT2D eigenvalue weighted by molar-refractivity contribution is 6.31. The third-order valence-electron chi connectivity index (χ3n) is 7.55. The minimum absolute atomic E-state index is 0.0794. The van der Waals surface area contributed by atoms with Gasteiger partial charge in [-0.05, 0) is 47.9 Å². The second-order valence-corrected chi connectivity index (χ2v) is 10.4. The number of benzene rings is 4. The highest BCUT2D eigenvalue weighted by Crippen LogP contribution is 2.43. The predicted octanol–water partition coefficient (Wildman–Crippen LogP) is 7.11. The van der Waals surface area contributed by atoms with E-state index in [9.17, 15) is 4.79 Å². The van der Waals surface area contributed by atoms with Crippen molar-refractivity contribution in [1.82, 2.24) is 15.1 Å². The number of hydrogen-bond acceptors (Lipinski definition) is 5. The van der Waals surface area contributed by atoms with Gasteiger partial charge in [0.25, 0.3) is 5.91 Å². The molecule has 1 aliphatic heterocycles. The number of nitrogens with zero attached hydrogens (tertiary/aromatic N) is 2. The van der Waals surface area contributed by atoms with Gasteiger partial charge in [-0.15, -0.1) is 0 Å². The molecule has 1 amide bonds. The van der Waals surface area contributed by atoms with Gasteiger partial charge in [-0.25, -0.2) is 0 Å². The van der Waals surface area contributed by atoms with Gasteiger partial charge in [-0.3, -0.25) is 9.89 Å². The van der Waals surface area contributed by atoms with E-state index in [2.05, 4.69) is 10.2 Å². The number of carbonyl (C=O) groups is 1. The lowest BCUT2D eigenvalue weighted by atomic mass is 9.96. The Balaban J connectivity index is 1.31. The minimum Gasteiger partial charge on any atom is -0.493 e. The van der Waals surface area contributed by atoms with Gasteiger partial charge in [0, 0.05) is 28.3 Å². The van der Waals surface area contributed by atoms with Crippen molar-refractivity contribution >= 4 is 17.5 Å². The van der Waals surface area contributed by atoms with Crippen LogP contribution in [0.25, 0.3) is 11.3 Å². The standard InChI is InChI=1S/C34H30ClN3O4/c1-40-28-17-12-22(20-29(28)41-2)18-19-38-33(30-31(23-8-4-3-5-9-23)36-37-32(30)34(38)39)24-13-15-26(16-14-24)42-21-25-10-6-7-11-27(25)35/h3-17,20,33H,18-19,21H2,1-2H3,(H,36,37). The molecule has 0 saturated heterocycles. The van der Waals surface area contributed by atoms with E-state index in [1.54, 1.807) is 14.2 Å². The summed E-state index contributed by atoms with van der Waals surface area (Å²) in [5.74, 6) is 1.97. The van der Waals surface area contributed by atoms with Gasteiger partial charge in [0.2, 0.25) is 0 Å². The van der Waals surface area contributed by atoms with Gasteiger partial charge in [0.15, 0.2) is 11.5 Å². The molecule has 1 atom stereocenters. The summed E-state index contributed by atoms with van der Waals surface area (Å²) in [6.45, 7) is 0.864. The van der Waals surface area contributed by atoms with E-state index in [1.165, 1.54) is 0 Å². The number of methoxy groups -OCH3 is 2. The molecule has 0 saturated carbocycles. The van der Waals surface area contributed by atoms with Crippen LogP contribution >= 0.6 is 11.6 Å². The molecule has 8 heteroatoms. The molecule has 0 radical (unpaired) electrons. The van der Waals surface area contributed by atoms with Crippen LogP contribution in [0.15, 0.2) is 97.1 Å². The third kappa shape index (κ3) is 5.31. The van der Waals surface area contributed by atoms with E-state index < -0.39 is 0 Å². The number of amides is 1. The van der Waals surface area contributed by atoms with Gasteiger partial charge in [0.1, 0.15) is 18.1 Å². The first kappa shape index (κ1) is 27.4. The molecular formula is C34H30ClN3O4. The maximum Gasteiger partial charge on any atom is 0.273 e. The van der Waals surface area contributed by atoms with Crippen molar-refractivity contribution in [2.24, 2.45) is 0 Å². The topological polar surface area (TPSA) is 76.7 Å². The van der Waals surface area contributed by atoms with Gasteiger partial charge < -0.3 is 19.1 Å². The zero-order valence-corrected chi connectivity index (χ0v) is 24.1. The highest BCUT2D eigenvalue weighted by Gasteiger charge is 2.42. The van der Waals surface area contributed by atoms with Crippen LogP contribution in [0.1, 0.15) is 38.8 Å². The smallest absolute Gasteiger partial charge is 0.273 e. The molecule has 42 heavy (non-hydrogen) atoms. The summed E-state index contributed by atoms with van der Waals surface area (Å²) in [7, 11) is 3.23. The average Bonchev–Trinajstić information content (AvgIpc) is 3.58. The maximum atomic E-state index is 13.8. The fourth-order valence-electron chi connectivity index (χ4n) is 5.40. The number of nitrogens with one attached hydrogen (secondary N) is 1. The van der Waals surface area contributed by atoms with E-state index in [4.69, 9.17) is 25.8 Å². The first-order valence-electron chi connectivity index (χ1n) is 13.7. The summed E-state index contributed by atoms with van der Waals surface area (Å²) in [4.78, 5) is 15.7. The van der Waals surface area contributed by atoms with Crippen molar-refractivity contribution in [2.75, 3.05) is 20.8 Å². The molecule has 0 fully saturated rings. The van der Waals surface area contributed by atoms with Crippen molar-refractivity contribution < 1.29 is 19.0 Å². The van der Waals surface area contributed by atoms with Gasteiger partial charge in [-0.1, -0.05) is 78.3 Å². The van der Waals surface area contributed by atoms with Crippen LogP contribution in [0.5, 0.6) is 17.2 Å². The third-order valence-corrected chi connectivity index (χ3v) is 7.92.